The Kier molecular flexibility index (Phi) is 1.67. The third kappa shape index (κ3) is 1.28. The fourth-order valence-electron chi connectivity index (χ4n) is 0.462. The van der Waals surface area contributed by atoms with Crippen LogP contribution in [0.4, 0.5) is 0 Å². The molecule has 1 aromatic rings. The van der Waals surface area contributed by atoms with Crippen molar-refractivity contribution in [2.45, 2.75) is 5.03 Å². The molecule has 0 aliphatic heterocycles. The molecule has 0 amide bonds. The van der Waals surface area contributed by atoms with E-state index in [-0.39, 0.29) is 10.0 Å². The minimum atomic E-state index is -3.76. The van der Waals surface area contributed by atoms with Crippen molar-refractivity contribution >= 4 is 21.6 Å². The Morgan fingerprint density at radius 2 is 2.30 bits per heavy atom. The van der Waals surface area contributed by atoms with Gasteiger partial charge in [0.05, 0.1) is 5.02 Å². The summed E-state index contributed by atoms with van der Waals surface area (Å²) in [5, 5.41) is 9.97. The van der Waals surface area contributed by atoms with Crippen molar-refractivity contribution in [2.75, 3.05) is 0 Å². The number of aromatic amines is 1. The molecule has 7 heteroatoms. The first kappa shape index (κ1) is 7.52. The van der Waals surface area contributed by atoms with Crippen LogP contribution in [0.3, 0.4) is 0 Å². The molecule has 0 aliphatic rings. The fourth-order valence-corrected chi connectivity index (χ4v) is 1.39. The molecule has 0 aliphatic carbocycles. The van der Waals surface area contributed by atoms with E-state index in [2.05, 4.69) is 10.2 Å². The maximum absolute atomic E-state index is 10.5. The van der Waals surface area contributed by atoms with E-state index in [0.29, 0.717) is 0 Å². The summed E-state index contributed by atoms with van der Waals surface area (Å²) in [6.07, 6.45) is 1.24. The summed E-state index contributed by atoms with van der Waals surface area (Å²) in [6, 6.07) is 0. The van der Waals surface area contributed by atoms with Crippen LogP contribution in [0.5, 0.6) is 0 Å². The lowest BCUT2D eigenvalue weighted by Gasteiger charge is -1.88. The lowest BCUT2D eigenvalue weighted by Crippen LogP contribution is -2.12. The van der Waals surface area contributed by atoms with Gasteiger partial charge in [-0.05, 0) is 0 Å². The molecule has 1 aromatic heterocycles. The van der Waals surface area contributed by atoms with Crippen molar-refractivity contribution in [3.05, 3.63) is 11.2 Å². The van der Waals surface area contributed by atoms with E-state index in [9.17, 15) is 8.42 Å². The van der Waals surface area contributed by atoms with Gasteiger partial charge in [0.15, 0.2) is 0 Å². The Hall–Kier alpha value is -0.590. The SMILES string of the molecule is NS(=O)(=O)c1n[nH]cc1Cl. The predicted octanol–water partition coefficient (Wildman–Crippen LogP) is -0.289. The standard InChI is InChI=1S/C3H4ClN3O2S/c4-2-1-6-7-3(2)10(5,8)9/h1H,(H,6,7)(H2,5,8,9). The number of primary sulfonamides is 1. The third-order valence-corrected chi connectivity index (χ3v) is 2.08. The number of H-pyrrole nitrogens is 1. The zero-order chi connectivity index (χ0) is 7.78. The summed E-state index contributed by atoms with van der Waals surface area (Å²) >= 11 is 5.37. The van der Waals surface area contributed by atoms with Crippen LogP contribution in [0.15, 0.2) is 11.2 Å². The van der Waals surface area contributed by atoms with E-state index >= 15 is 0 Å². The predicted molar refractivity (Wildman–Crippen MR) is 35.0 cm³/mol. The molecule has 1 rings (SSSR count). The maximum atomic E-state index is 10.5. The number of hydrogen-bond donors (Lipinski definition) is 2. The second kappa shape index (κ2) is 2.22. The number of nitrogens with zero attached hydrogens (tertiary/aromatic N) is 1. The highest BCUT2D eigenvalue weighted by Gasteiger charge is 2.14. The summed E-state index contributed by atoms with van der Waals surface area (Å²) in [6.45, 7) is 0. The molecule has 1 heterocycles. The van der Waals surface area contributed by atoms with Gasteiger partial charge in [-0.15, -0.1) is 0 Å². The van der Waals surface area contributed by atoms with Crippen LogP contribution in [0.2, 0.25) is 5.02 Å². The number of nitrogens with two attached hydrogens (primary N) is 1. The average molecular weight is 182 g/mol. The summed E-state index contributed by atoms with van der Waals surface area (Å²) in [4.78, 5) is 0. The number of aromatic nitrogens is 2. The normalized spacial score (nSPS) is 11.8. The molecular formula is C3H4ClN3O2S. The monoisotopic (exact) mass is 181 g/mol. The van der Waals surface area contributed by atoms with E-state index in [1.165, 1.54) is 6.20 Å². The van der Waals surface area contributed by atoms with Gasteiger partial charge in [-0.25, -0.2) is 13.6 Å². The lowest BCUT2D eigenvalue weighted by atomic mass is 10.7. The fraction of sp³-hybridized carbons (Fsp3) is 0. The summed E-state index contributed by atoms with van der Waals surface area (Å²) in [7, 11) is -3.76. The summed E-state index contributed by atoms with van der Waals surface area (Å²) in [5.74, 6) is 0. The van der Waals surface area contributed by atoms with Crippen LogP contribution in [0, 0.1) is 0 Å². The molecule has 0 saturated carbocycles. The second-order valence-electron chi connectivity index (χ2n) is 1.58. The van der Waals surface area contributed by atoms with Crippen LogP contribution < -0.4 is 5.14 Å². The largest absolute Gasteiger partial charge is 0.283 e. The van der Waals surface area contributed by atoms with Crippen molar-refractivity contribution in [2.24, 2.45) is 5.14 Å². The molecule has 5 nitrogen and oxygen atoms in total. The van der Waals surface area contributed by atoms with Crippen molar-refractivity contribution in [3.63, 3.8) is 0 Å². The van der Waals surface area contributed by atoms with Crippen molar-refractivity contribution in [3.8, 4) is 0 Å². The topological polar surface area (TPSA) is 88.8 Å². The number of halogens is 1. The highest BCUT2D eigenvalue weighted by Crippen LogP contribution is 2.14. The Balaban J connectivity index is 3.32. The minimum Gasteiger partial charge on any atom is -0.283 e. The van der Waals surface area contributed by atoms with Gasteiger partial charge in [-0.1, -0.05) is 11.6 Å². The van der Waals surface area contributed by atoms with Crippen molar-refractivity contribution in [1.29, 1.82) is 0 Å². The Labute approximate surface area is 62.2 Å². The first-order chi connectivity index (χ1) is 4.52. The smallest absolute Gasteiger partial charge is 0.258 e. The average Bonchev–Trinajstić information content (AvgIpc) is 2.11. The Morgan fingerprint density at radius 1 is 1.70 bits per heavy atom. The van der Waals surface area contributed by atoms with Gasteiger partial charge in [0, 0.05) is 6.20 Å². The molecule has 0 bridgehead atoms. The lowest BCUT2D eigenvalue weighted by molar-refractivity contribution is 0.593. The van der Waals surface area contributed by atoms with Crippen LogP contribution in [-0.2, 0) is 10.0 Å². The number of nitrogens with one attached hydrogen (secondary N) is 1. The molecule has 0 spiro atoms. The van der Waals surface area contributed by atoms with Crippen LogP contribution in [0.1, 0.15) is 0 Å². The van der Waals surface area contributed by atoms with Gasteiger partial charge in [0.1, 0.15) is 0 Å². The number of sulfonamides is 1. The quantitative estimate of drug-likeness (QED) is 0.624. The highest BCUT2D eigenvalue weighted by atomic mass is 35.5. The minimum absolute atomic E-state index is 0.00231. The van der Waals surface area contributed by atoms with E-state index in [4.69, 9.17) is 16.7 Å². The van der Waals surface area contributed by atoms with Gasteiger partial charge in [-0.3, -0.25) is 5.10 Å². The van der Waals surface area contributed by atoms with Crippen LogP contribution in [-0.4, -0.2) is 18.6 Å². The van der Waals surface area contributed by atoms with Gasteiger partial charge in [-0.2, -0.15) is 5.10 Å². The molecule has 0 saturated heterocycles. The van der Waals surface area contributed by atoms with Crippen molar-refractivity contribution < 1.29 is 8.42 Å². The Bertz CT molecular complexity index is 329. The van der Waals surface area contributed by atoms with Crippen LogP contribution in [0.25, 0.3) is 0 Å². The molecule has 0 aromatic carbocycles. The van der Waals surface area contributed by atoms with E-state index in [1.54, 1.807) is 0 Å². The van der Waals surface area contributed by atoms with Crippen LogP contribution >= 0.6 is 11.6 Å². The number of hydrogen-bond acceptors (Lipinski definition) is 3. The molecule has 0 atom stereocenters. The molecule has 3 N–H and O–H groups in total. The molecule has 0 fully saturated rings. The highest BCUT2D eigenvalue weighted by molar-refractivity contribution is 7.89. The summed E-state index contributed by atoms with van der Waals surface area (Å²) in [5.41, 5.74) is 0. The first-order valence-corrected chi connectivity index (χ1v) is 4.16. The summed E-state index contributed by atoms with van der Waals surface area (Å²) < 4.78 is 21.1. The molecule has 0 unspecified atom stereocenters. The Morgan fingerprint density at radius 3 is 2.50 bits per heavy atom. The zero-order valence-corrected chi connectivity index (χ0v) is 6.28. The van der Waals surface area contributed by atoms with Gasteiger partial charge in [0.2, 0.25) is 5.03 Å². The molecule has 0 radical (unpaired) electrons. The van der Waals surface area contributed by atoms with Crippen molar-refractivity contribution in [1.82, 2.24) is 10.2 Å². The van der Waals surface area contributed by atoms with E-state index in [0.717, 1.165) is 0 Å². The molecule has 56 valence electrons. The third-order valence-electron chi connectivity index (χ3n) is 0.831. The molecular weight excluding hydrogens is 178 g/mol. The zero-order valence-electron chi connectivity index (χ0n) is 4.70. The maximum Gasteiger partial charge on any atom is 0.258 e. The number of rotatable bonds is 1. The first-order valence-electron chi connectivity index (χ1n) is 2.24. The van der Waals surface area contributed by atoms with E-state index in [1.807, 2.05) is 0 Å². The van der Waals surface area contributed by atoms with E-state index < -0.39 is 10.0 Å². The van der Waals surface area contributed by atoms with Gasteiger partial charge < -0.3 is 0 Å². The van der Waals surface area contributed by atoms with Gasteiger partial charge in [0.25, 0.3) is 10.0 Å². The molecule has 10 heavy (non-hydrogen) atoms. The second-order valence-corrected chi connectivity index (χ2v) is 3.47. The van der Waals surface area contributed by atoms with Gasteiger partial charge >= 0.3 is 0 Å².